The Bertz CT molecular complexity index is 1190. The third kappa shape index (κ3) is 6.52. The summed E-state index contributed by atoms with van der Waals surface area (Å²) in [6.45, 7) is 3.40. The summed E-state index contributed by atoms with van der Waals surface area (Å²) < 4.78 is 31.5. The summed E-state index contributed by atoms with van der Waals surface area (Å²) in [5, 5.41) is 0.668. The molecule has 0 saturated heterocycles. The molecule has 1 aromatic heterocycles. The van der Waals surface area contributed by atoms with E-state index < -0.39 is 9.84 Å². The van der Waals surface area contributed by atoms with Crippen LogP contribution in [0.15, 0.2) is 47.4 Å². The zero-order valence-corrected chi connectivity index (χ0v) is 21.2. The number of hydrogen-bond acceptors (Lipinski definition) is 7. The summed E-state index contributed by atoms with van der Waals surface area (Å²) in [7, 11) is 2.06. The van der Waals surface area contributed by atoms with E-state index in [1.807, 2.05) is 39.2 Å². The Kier molecular flexibility index (Phi) is 8.45. The second-order valence-electron chi connectivity index (χ2n) is 8.22. The van der Waals surface area contributed by atoms with Gasteiger partial charge in [0.25, 0.3) is 0 Å². The lowest BCUT2D eigenvalue weighted by molar-refractivity contribution is -0.118. The third-order valence-electron chi connectivity index (χ3n) is 5.35. The molecule has 2 aromatic carbocycles. The first kappa shape index (κ1) is 25.1. The molecule has 0 saturated carbocycles. The van der Waals surface area contributed by atoms with E-state index in [1.165, 1.54) is 30.6 Å². The molecule has 0 fully saturated rings. The topological polar surface area (TPSA) is 79.8 Å². The first-order chi connectivity index (χ1) is 15.7. The second kappa shape index (κ2) is 11.1. The molecule has 0 N–H and O–H groups in total. The monoisotopic (exact) mass is 489 g/mol. The van der Waals surface area contributed by atoms with Crippen molar-refractivity contribution in [3.63, 3.8) is 0 Å². The fourth-order valence-corrected chi connectivity index (χ4v) is 5.91. The zero-order chi connectivity index (χ0) is 24.0. The van der Waals surface area contributed by atoms with Crippen LogP contribution in [0.25, 0.3) is 10.2 Å². The summed E-state index contributed by atoms with van der Waals surface area (Å²) in [6.07, 6.45) is 1.20. The van der Waals surface area contributed by atoms with E-state index in [9.17, 15) is 13.2 Å². The molecule has 9 heteroatoms. The minimum absolute atomic E-state index is 0.0877. The molecule has 33 heavy (non-hydrogen) atoms. The van der Waals surface area contributed by atoms with Crippen molar-refractivity contribution in [2.75, 3.05) is 44.9 Å². The van der Waals surface area contributed by atoms with Crippen LogP contribution in [0, 0.1) is 6.92 Å². The van der Waals surface area contributed by atoms with Crippen LogP contribution in [0.5, 0.6) is 5.75 Å². The van der Waals surface area contributed by atoms with Gasteiger partial charge in [-0.05, 0) is 76.3 Å². The number of ether oxygens (including phenoxy) is 1. The number of fused-ring (bicyclic) bond motifs is 1. The van der Waals surface area contributed by atoms with Gasteiger partial charge in [0.05, 0.1) is 28.0 Å². The van der Waals surface area contributed by atoms with Gasteiger partial charge in [0.15, 0.2) is 15.0 Å². The van der Waals surface area contributed by atoms with Crippen molar-refractivity contribution in [2.45, 2.75) is 31.1 Å². The highest BCUT2D eigenvalue weighted by molar-refractivity contribution is 7.91. The number of nitrogens with zero attached hydrogens (tertiary/aromatic N) is 3. The summed E-state index contributed by atoms with van der Waals surface area (Å²) in [5.74, 6) is 0.411. The first-order valence-electron chi connectivity index (χ1n) is 10.9. The van der Waals surface area contributed by atoms with Gasteiger partial charge in [0.2, 0.25) is 5.91 Å². The summed E-state index contributed by atoms with van der Waals surface area (Å²) in [5.41, 5.74) is 1.98. The van der Waals surface area contributed by atoms with Crippen LogP contribution in [0.4, 0.5) is 5.13 Å². The maximum atomic E-state index is 13.2. The normalized spacial score (nSPS) is 11.8. The third-order valence-corrected chi connectivity index (χ3v) is 8.21. The van der Waals surface area contributed by atoms with Gasteiger partial charge in [0.1, 0.15) is 5.75 Å². The van der Waals surface area contributed by atoms with Gasteiger partial charge in [-0.1, -0.05) is 23.5 Å². The van der Waals surface area contributed by atoms with Gasteiger partial charge in [-0.25, -0.2) is 13.4 Å². The molecule has 0 aliphatic heterocycles. The second-order valence-corrected chi connectivity index (χ2v) is 11.3. The average Bonchev–Trinajstić information content (AvgIpc) is 3.21. The number of methoxy groups -OCH3 is 1. The lowest BCUT2D eigenvalue weighted by Gasteiger charge is -2.21. The zero-order valence-electron chi connectivity index (χ0n) is 19.6. The Morgan fingerprint density at radius 1 is 1.06 bits per heavy atom. The number of rotatable bonds is 11. The predicted molar refractivity (Wildman–Crippen MR) is 134 cm³/mol. The van der Waals surface area contributed by atoms with Gasteiger partial charge in [-0.15, -0.1) is 0 Å². The van der Waals surface area contributed by atoms with Crippen LogP contribution in [0.3, 0.4) is 0 Å². The Morgan fingerprint density at radius 3 is 2.42 bits per heavy atom. The maximum Gasteiger partial charge on any atom is 0.228 e. The highest BCUT2D eigenvalue weighted by Crippen LogP contribution is 2.31. The number of para-hydroxylation sites is 1. The van der Waals surface area contributed by atoms with E-state index >= 15 is 0 Å². The Balaban J connectivity index is 1.70. The standard InChI is InChI=1S/C24H31N3O4S2/c1-18-8-5-9-21-23(18)25-24(32-21)27(16-7-15-26(2)3)22(28)10-6-17-33(29,30)20-13-11-19(31-4)12-14-20/h5,8-9,11-14H,6-7,10,15-17H2,1-4H3. The van der Waals surface area contributed by atoms with E-state index in [1.54, 1.807) is 17.0 Å². The molecule has 1 amide bonds. The molecule has 178 valence electrons. The Morgan fingerprint density at radius 2 is 1.79 bits per heavy atom. The number of sulfone groups is 1. The van der Waals surface area contributed by atoms with Crippen molar-refractivity contribution >= 4 is 42.4 Å². The largest absolute Gasteiger partial charge is 0.497 e. The molecule has 0 atom stereocenters. The fraction of sp³-hybridized carbons (Fsp3) is 0.417. The molecule has 0 bridgehead atoms. The van der Waals surface area contributed by atoms with Gasteiger partial charge in [0, 0.05) is 13.0 Å². The highest BCUT2D eigenvalue weighted by Gasteiger charge is 2.21. The number of amides is 1. The average molecular weight is 490 g/mol. The summed E-state index contributed by atoms with van der Waals surface area (Å²) in [6, 6.07) is 12.3. The summed E-state index contributed by atoms with van der Waals surface area (Å²) >= 11 is 1.50. The molecular weight excluding hydrogens is 458 g/mol. The molecule has 0 aliphatic carbocycles. The van der Waals surface area contributed by atoms with Crippen LogP contribution in [-0.4, -0.2) is 64.3 Å². The Labute approximate surface area is 199 Å². The van der Waals surface area contributed by atoms with Crippen molar-refractivity contribution in [3.8, 4) is 5.75 Å². The van der Waals surface area contributed by atoms with Crippen molar-refractivity contribution in [3.05, 3.63) is 48.0 Å². The van der Waals surface area contributed by atoms with Crippen LogP contribution < -0.4 is 9.64 Å². The molecule has 7 nitrogen and oxygen atoms in total. The van der Waals surface area contributed by atoms with Crippen molar-refractivity contribution in [1.82, 2.24) is 9.88 Å². The number of carbonyl (C=O) groups is 1. The molecule has 0 unspecified atom stereocenters. The van der Waals surface area contributed by atoms with E-state index in [4.69, 9.17) is 9.72 Å². The summed E-state index contributed by atoms with van der Waals surface area (Å²) in [4.78, 5) is 21.9. The fourth-order valence-electron chi connectivity index (χ4n) is 3.51. The van der Waals surface area contributed by atoms with E-state index in [-0.39, 0.29) is 29.4 Å². The van der Waals surface area contributed by atoms with Gasteiger partial charge in [-0.3, -0.25) is 9.69 Å². The smallest absolute Gasteiger partial charge is 0.228 e. The SMILES string of the molecule is COc1ccc(S(=O)(=O)CCCC(=O)N(CCCN(C)C)c2nc3c(C)cccc3s2)cc1. The van der Waals surface area contributed by atoms with Gasteiger partial charge < -0.3 is 9.64 Å². The number of thiazole rings is 1. The number of aromatic nitrogens is 1. The van der Waals surface area contributed by atoms with Crippen LogP contribution in [-0.2, 0) is 14.6 Å². The molecule has 3 aromatic rings. The Hall–Kier alpha value is -2.49. The minimum Gasteiger partial charge on any atom is -0.497 e. The lowest BCUT2D eigenvalue weighted by Crippen LogP contribution is -2.33. The van der Waals surface area contributed by atoms with E-state index in [0.717, 1.165) is 28.7 Å². The minimum atomic E-state index is -3.47. The molecule has 0 spiro atoms. The number of aryl methyl sites for hydroxylation is 1. The number of benzene rings is 2. The van der Waals surface area contributed by atoms with Gasteiger partial charge >= 0.3 is 0 Å². The number of anilines is 1. The number of carbonyl (C=O) groups excluding carboxylic acids is 1. The molecule has 3 rings (SSSR count). The number of hydrogen-bond donors (Lipinski definition) is 0. The lowest BCUT2D eigenvalue weighted by atomic mass is 10.2. The van der Waals surface area contributed by atoms with E-state index in [0.29, 0.717) is 17.4 Å². The molecule has 0 radical (unpaired) electrons. The van der Waals surface area contributed by atoms with Gasteiger partial charge in [-0.2, -0.15) is 0 Å². The predicted octanol–water partition coefficient (Wildman–Crippen LogP) is 4.15. The quantitative estimate of drug-likeness (QED) is 0.403. The molecule has 0 aliphatic rings. The first-order valence-corrected chi connectivity index (χ1v) is 13.4. The van der Waals surface area contributed by atoms with Crippen LogP contribution in [0.1, 0.15) is 24.8 Å². The van der Waals surface area contributed by atoms with Crippen LogP contribution >= 0.6 is 11.3 Å². The van der Waals surface area contributed by atoms with Crippen LogP contribution in [0.2, 0.25) is 0 Å². The van der Waals surface area contributed by atoms with Crippen molar-refractivity contribution < 1.29 is 17.9 Å². The maximum absolute atomic E-state index is 13.2. The van der Waals surface area contributed by atoms with Crippen molar-refractivity contribution in [1.29, 1.82) is 0 Å². The molecule has 1 heterocycles. The van der Waals surface area contributed by atoms with E-state index in [2.05, 4.69) is 4.90 Å². The van der Waals surface area contributed by atoms with Crippen molar-refractivity contribution in [2.24, 2.45) is 0 Å². The highest BCUT2D eigenvalue weighted by atomic mass is 32.2. The molecular formula is C24H31N3O4S2.